The molecule has 4 heteroatoms. The number of likely N-dealkylation sites (N-methyl/N-ethyl adjacent to an activating group) is 1. The van der Waals surface area contributed by atoms with Crippen molar-refractivity contribution < 1.29 is 9.53 Å². The number of ether oxygens (including phenoxy) is 1. The van der Waals surface area contributed by atoms with Crippen molar-refractivity contribution in [3.05, 3.63) is 29.3 Å². The predicted molar refractivity (Wildman–Crippen MR) is 98.5 cm³/mol. The molecule has 1 heterocycles. The Kier molecular flexibility index (Phi) is 7.10. The van der Waals surface area contributed by atoms with Gasteiger partial charge >= 0.3 is 0 Å². The number of rotatable bonds is 7. The van der Waals surface area contributed by atoms with E-state index in [4.69, 9.17) is 4.74 Å². The maximum Gasteiger partial charge on any atom is 0.222 e. The smallest absolute Gasteiger partial charge is 0.222 e. The minimum absolute atomic E-state index is 0.229. The lowest BCUT2D eigenvalue weighted by Gasteiger charge is -2.29. The van der Waals surface area contributed by atoms with Crippen LogP contribution in [0.4, 0.5) is 0 Å². The second kappa shape index (κ2) is 9.07. The first-order valence-electron chi connectivity index (χ1n) is 9.07. The van der Waals surface area contributed by atoms with Gasteiger partial charge in [0.15, 0.2) is 0 Å². The number of hydrogen-bond acceptors (Lipinski definition) is 3. The fourth-order valence-corrected chi connectivity index (χ4v) is 3.47. The maximum absolute atomic E-state index is 12.3. The van der Waals surface area contributed by atoms with Gasteiger partial charge in [0.2, 0.25) is 5.91 Å². The Morgan fingerprint density at radius 3 is 2.67 bits per heavy atom. The summed E-state index contributed by atoms with van der Waals surface area (Å²) < 4.78 is 5.80. The standard InChI is InChI=1S/C20H32N2O2/c1-16-12-17(2)14-19(13-16)24-11-10-22(4)20(23)8-7-18-6-5-9-21(3)15-18/h12-14,18H,5-11,15H2,1-4H3. The van der Waals surface area contributed by atoms with Gasteiger partial charge in [-0.25, -0.2) is 0 Å². The number of carbonyl (C=O) groups is 1. The van der Waals surface area contributed by atoms with Crippen LogP contribution in [0.1, 0.15) is 36.8 Å². The second-order valence-corrected chi connectivity index (χ2v) is 7.30. The molecular weight excluding hydrogens is 300 g/mol. The van der Waals surface area contributed by atoms with E-state index in [9.17, 15) is 4.79 Å². The normalized spacial score (nSPS) is 18.4. The monoisotopic (exact) mass is 332 g/mol. The average Bonchev–Trinajstić information content (AvgIpc) is 2.51. The summed E-state index contributed by atoms with van der Waals surface area (Å²) in [5, 5.41) is 0. The van der Waals surface area contributed by atoms with Crippen molar-refractivity contribution >= 4 is 5.91 Å². The van der Waals surface area contributed by atoms with E-state index in [0.717, 1.165) is 18.7 Å². The largest absolute Gasteiger partial charge is 0.492 e. The van der Waals surface area contributed by atoms with Crippen LogP contribution >= 0.6 is 0 Å². The van der Waals surface area contributed by atoms with Gasteiger partial charge in [-0.15, -0.1) is 0 Å². The molecular formula is C20H32N2O2. The van der Waals surface area contributed by atoms with Crippen LogP contribution in [0, 0.1) is 19.8 Å². The van der Waals surface area contributed by atoms with Crippen LogP contribution in [0.2, 0.25) is 0 Å². The highest BCUT2D eigenvalue weighted by Crippen LogP contribution is 2.20. The van der Waals surface area contributed by atoms with E-state index >= 15 is 0 Å². The van der Waals surface area contributed by atoms with Crippen LogP contribution in [0.15, 0.2) is 18.2 Å². The van der Waals surface area contributed by atoms with Crippen LogP contribution in [-0.2, 0) is 4.79 Å². The average molecular weight is 332 g/mol. The summed E-state index contributed by atoms with van der Waals surface area (Å²) >= 11 is 0. The van der Waals surface area contributed by atoms with Crippen molar-refractivity contribution in [1.29, 1.82) is 0 Å². The van der Waals surface area contributed by atoms with Crippen molar-refractivity contribution in [2.75, 3.05) is 40.3 Å². The van der Waals surface area contributed by atoms with Gasteiger partial charge in [-0.05, 0) is 75.9 Å². The number of nitrogens with zero attached hydrogens (tertiary/aromatic N) is 2. The minimum Gasteiger partial charge on any atom is -0.492 e. The van der Waals surface area contributed by atoms with Gasteiger partial charge in [-0.2, -0.15) is 0 Å². The Bertz CT molecular complexity index is 524. The lowest BCUT2D eigenvalue weighted by molar-refractivity contribution is -0.130. The molecule has 1 aliphatic rings. The number of carbonyl (C=O) groups excluding carboxylic acids is 1. The van der Waals surface area contributed by atoms with Gasteiger partial charge in [-0.3, -0.25) is 4.79 Å². The Labute approximate surface area is 146 Å². The third kappa shape index (κ3) is 6.16. The molecule has 1 fully saturated rings. The third-order valence-electron chi connectivity index (χ3n) is 4.80. The fraction of sp³-hybridized carbons (Fsp3) is 0.650. The topological polar surface area (TPSA) is 32.8 Å². The van der Waals surface area contributed by atoms with Crippen LogP contribution in [0.25, 0.3) is 0 Å². The molecule has 1 amide bonds. The first-order chi connectivity index (χ1) is 11.4. The molecule has 1 aliphatic heterocycles. The third-order valence-corrected chi connectivity index (χ3v) is 4.80. The van der Waals surface area contributed by atoms with Crippen molar-refractivity contribution in [1.82, 2.24) is 9.80 Å². The molecule has 1 unspecified atom stereocenters. The summed E-state index contributed by atoms with van der Waals surface area (Å²) in [6, 6.07) is 6.20. The van der Waals surface area contributed by atoms with E-state index in [2.05, 4.69) is 31.9 Å². The van der Waals surface area contributed by atoms with Crippen molar-refractivity contribution in [2.45, 2.75) is 39.5 Å². The molecule has 0 aromatic heterocycles. The van der Waals surface area contributed by atoms with Crippen molar-refractivity contribution in [3.8, 4) is 5.75 Å². The first kappa shape index (κ1) is 18.8. The Morgan fingerprint density at radius 2 is 2.00 bits per heavy atom. The van der Waals surface area contributed by atoms with E-state index < -0.39 is 0 Å². The molecule has 134 valence electrons. The summed E-state index contributed by atoms with van der Waals surface area (Å²) in [7, 11) is 4.05. The molecule has 1 aromatic rings. The van der Waals surface area contributed by atoms with E-state index in [1.54, 1.807) is 4.90 Å². The minimum atomic E-state index is 0.229. The SMILES string of the molecule is Cc1cc(C)cc(OCCN(C)C(=O)CCC2CCCN(C)C2)c1. The van der Waals surface area contributed by atoms with Gasteiger partial charge in [0.25, 0.3) is 0 Å². The lowest BCUT2D eigenvalue weighted by atomic mass is 9.93. The molecule has 1 atom stereocenters. The molecule has 24 heavy (non-hydrogen) atoms. The first-order valence-corrected chi connectivity index (χ1v) is 9.07. The van der Waals surface area contributed by atoms with E-state index in [1.807, 2.05) is 19.2 Å². The zero-order valence-electron chi connectivity index (χ0n) is 15.7. The molecule has 1 saturated heterocycles. The van der Waals surface area contributed by atoms with Gasteiger partial charge in [-0.1, -0.05) is 6.07 Å². The number of likely N-dealkylation sites (tertiary alicyclic amines) is 1. The van der Waals surface area contributed by atoms with Gasteiger partial charge in [0, 0.05) is 20.0 Å². The highest BCUT2D eigenvalue weighted by molar-refractivity contribution is 5.75. The molecule has 0 bridgehead atoms. The van der Waals surface area contributed by atoms with Gasteiger partial charge in [0.1, 0.15) is 12.4 Å². The maximum atomic E-state index is 12.3. The molecule has 0 aliphatic carbocycles. The van der Waals surface area contributed by atoms with Crippen LogP contribution < -0.4 is 4.74 Å². The van der Waals surface area contributed by atoms with Crippen molar-refractivity contribution in [2.24, 2.45) is 5.92 Å². The summed E-state index contributed by atoms with van der Waals surface area (Å²) in [5.41, 5.74) is 2.40. The number of amides is 1. The molecule has 2 rings (SSSR count). The fourth-order valence-electron chi connectivity index (χ4n) is 3.47. The zero-order valence-corrected chi connectivity index (χ0v) is 15.7. The molecule has 0 N–H and O–H groups in total. The predicted octanol–water partition coefficient (Wildman–Crippen LogP) is 3.26. The summed E-state index contributed by atoms with van der Waals surface area (Å²) in [5.74, 6) is 1.79. The lowest BCUT2D eigenvalue weighted by Crippen LogP contribution is -2.34. The number of aryl methyl sites for hydroxylation is 2. The molecule has 0 spiro atoms. The van der Waals surface area contributed by atoms with E-state index in [0.29, 0.717) is 25.5 Å². The Balaban J connectivity index is 1.67. The number of piperidine rings is 1. The van der Waals surface area contributed by atoms with Crippen LogP contribution in [0.3, 0.4) is 0 Å². The van der Waals surface area contributed by atoms with Crippen molar-refractivity contribution in [3.63, 3.8) is 0 Å². The summed E-state index contributed by atoms with van der Waals surface area (Å²) in [4.78, 5) is 16.5. The highest BCUT2D eigenvalue weighted by atomic mass is 16.5. The number of hydrogen-bond donors (Lipinski definition) is 0. The Hall–Kier alpha value is -1.55. The highest BCUT2D eigenvalue weighted by Gasteiger charge is 2.19. The second-order valence-electron chi connectivity index (χ2n) is 7.30. The van der Waals surface area contributed by atoms with E-state index in [1.165, 1.54) is 30.5 Å². The molecule has 0 radical (unpaired) electrons. The van der Waals surface area contributed by atoms with E-state index in [-0.39, 0.29) is 5.91 Å². The molecule has 1 aromatic carbocycles. The quantitative estimate of drug-likeness (QED) is 0.768. The number of benzene rings is 1. The van der Waals surface area contributed by atoms with Crippen LogP contribution in [-0.4, -0.2) is 56.0 Å². The van der Waals surface area contributed by atoms with Gasteiger partial charge < -0.3 is 14.5 Å². The summed E-state index contributed by atoms with van der Waals surface area (Å²) in [6.07, 6.45) is 4.18. The Morgan fingerprint density at radius 1 is 1.29 bits per heavy atom. The van der Waals surface area contributed by atoms with Crippen LogP contribution in [0.5, 0.6) is 5.75 Å². The molecule has 0 saturated carbocycles. The molecule has 4 nitrogen and oxygen atoms in total. The summed E-state index contributed by atoms with van der Waals surface area (Å²) in [6.45, 7) is 7.64. The zero-order chi connectivity index (χ0) is 17.5. The van der Waals surface area contributed by atoms with Gasteiger partial charge in [0.05, 0.1) is 6.54 Å².